The van der Waals surface area contributed by atoms with E-state index < -0.39 is 28.9 Å². The molecule has 2 rings (SSSR count). The summed E-state index contributed by atoms with van der Waals surface area (Å²) >= 11 is 0. The molecule has 2 aromatic rings. The van der Waals surface area contributed by atoms with E-state index in [2.05, 4.69) is 5.32 Å². The van der Waals surface area contributed by atoms with Crippen LogP contribution in [0.25, 0.3) is 0 Å². The Hall–Kier alpha value is -2.63. The third kappa shape index (κ3) is 2.69. The Bertz CT molecular complexity index is 636. The van der Waals surface area contributed by atoms with Crippen LogP contribution in [-0.2, 0) is 0 Å². The Morgan fingerprint density at radius 3 is 2.60 bits per heavy atom. The number of anilines is 1. The maximum Gasteiger partial charge on any atom is 0.262 e. The number of hydrogen-bond acceptors (Lipinski definition) is 3. The fourth-order valence-electron chi connectivity index (χ4n) is 1.72. The van der Waals surface area contributed by atoms with Crippen molar-refractivity contribution in [3.63, 3.8) is 0 Å². The highest BCUT2D eigenvalue weighted by Crippen LogP contribution is 2.27. The number of benzene rings is 2. The molecule has 0 heterocycles. The van der Waals surface area contributed by atoms with Gasteiger partial charge in [-0.25, -0.2) is 8.78 Å². The molecule has 2 N–H and O–H groups in total. The van der Waals surface area contributed by atoms with Gasteiger partial charge in [0.15, 0.2) is 0 Å². The number of phenols is 1. The van der Waals surface area contributed by atoms with Crippen molar-refractivity contribution in [3.05, 3.63) is 53.6 Å². The number of nitrogens with one attached hydrogen (secondary N) is 1. The van der Waals surface area contributed by atoms with E-state index in [0.717, 1.165) is 0 Å². The van der Waals surface area contributed by atoms with Gasteiger partial charge in [-0.1, -0.05) is 12.1 Å². The zero-order valence-electron chi connectivity index (χ0n) is 10.5. The maximum atomic E-state index is 13.6. The summed E-state index contributed by atoms with van der Waals surface area (Å²) in [6.07, 6.45) is 0. The monoisotopic (exact) mass is 279 g/mol. The molecule has 0 saturated carbocycles. The van der Waals surface area contributed by atoms with Gasteiger partial charge in [-0.3, -0.25) is 4.79 Å². The number of carbonyl (C=O) groups is 1. The number of amides is 1. The number of halogens is 2. The summed E-state index contributed by atoms with van der Waals surface area (Å²) in [6.45, 7) is 0. The molecule has 0 radical (unpaired) electrons. The first-order valence-corrected chi connectivity index (χ1v) is 5.65. The van der Waals surface area contributed by atoms with E-state index in [1.807, 2.05) is 0 Å². The topological polar surface area (TPSA) is 58.6 Å². The van der Waals surface area contributed by atoms with Gasteiger partial charge in [0.1, 0.15) is 28.7 Å². The van der Waals surface area contributed by atoms with Crippen LogP contribution in [0.2, 0.25) is 0 Å². The SMILES string of the molecule is COc1ccccc1NC(=O)c1c(O)cc(F)cc1F. The Morgan fingerprint density at radius 1 is 1.25 bits per heavy atom. The standard InChI is InChI=1S/C14H11F2NO3/c1-20-12-5-3-2-4-10(12)17-14(19)13-9(16)6-8(15)7-11(13)18/h2-7,18H,1H3,(H,17,19). The van der Waals surface area contributed by atoms with Gasteiger partial charge in [0, 0.05) is 12.1 Å². The van der Waals surface area contributed by atoms with Crippen LogP contribution in [-0.4, -0.2) is 18.1 Å². The van der Waals surface area contributed by atoms with Crippen LogP contribution in [0, 0.1) is 11.6 Å². The first-order valence-electron chi connectivity index (χ1n) is 5.65. The van der Waals surface area contributed by atoms with Crippen molar-refractivity contribution < 1.29 is 23.4 Å². The molecule has 104 valence electrons. The number of methoxy groups -OCH3 is 1. The molecule has 20 heavy (non-hydrogen) atoms. The van der Waals surface area contributed by atoms with Gasteiger partial charge in [0.2, 0.25) is 0 Å². The molecule has 4 nitrogen and oxygen atoms in total. The molecule has 0 atom stereocenters. The summed E-state index contributed by atoms with van der Waals surface area (Å²) in [5.41, 5.74) is -0.319. The number of para-hydroxylation sites is 2. The minimum Gasteiger partial charge on any atom is -0.507 e. The average Bonchev–Trinajstić information content (AvgIpc) is 2.38. The molecular formula is C14H11F2NO3. The van der Waals surface area contributed by atoms with Crippen molar-refractivity contribution in [1.29, 1.82) is 0 Å². The van der Waals surface area contributed by atoms with Crippen LogP contribution in [0.15, 0.2) is 36.4 Å². The second kappa shape index (κ2) is 5.56. The Morgan fingerprint density at radius 2 is 1.95 bits per heavy atom. The number of rotatable bonds is 3. The lowest BCUT2D eigenvalue weighted by Gasteiger charge is -2.11. The molecule has 0 aliphatic carbocycles. The van der Waals surface area contributed by atoms with Crippen molar-refractivity contribution in [2.75, 3.05) is 12.4 Å². The number of carbonyl (C=O) groups excluding carboxylic acids is 1. The number of phenolic OH excluding ortho intramolecular Hbond substituents is 1. The zero-order chi connectivity index (χ0) is 14.7. The third-order valence-electron chi connectivity index (χ3n) is 2.62. The molecule has 0 spiro atoms. The number of hydrogen-bond donors (Lipinski definition) is 2. The average molecular weight is 279 g/mol. The maximum absolute atomic E-state index is 13.6. The quantitative estimate of drug-likeness (QED) is 0.908. The highest BCUT2D eigenvalue weighted by Gasteiger charge is 2.19. The van der Waals surface area contributed by atoms with Crippen LogP contribution >= 0.6 is 0 Å². The first-order chi connectivity index (χ1) is 9.52. The van der Waals surface area contributed by atoms with E-state index in [1.54, 1.807) is 24.3 Å². The lowest BCUT2D eigenvalue weighted by atomic mass is 10.1. The van der Waals surface area contributed by atoms with E-state index in [-0.39, 0.29) is 0 Å². The van der Waals surface area contributed by atoms with Gasteiger partial charge in [-0.05, 0) is 12.1 Å². The van der Waals surface area contributed by atoms with E-state index in [4.69, 9.17) is 4.74 Å². The smallest absolute Gasteiger partial charge is 0.262 e. The van der Waals surface area contributed by atoms with Crippen molar-refractivity contribution in [2.45, 2.75) is 0 Å². The summed E-state index contributed by atoms with van der Waals surface area (Å²) in [7, 11) is 1.42. The van der Waals surface area contributed by atoms with E-state index in [0.29, 0.717) is 23.6 Å². The fourth-order valence-corrected chi connectivity index (χ4v) is 1.72. The van der Waals surface area contributed by atoms with E-state index in [1.165, 1.54) is 7.11 Å². The van der Waals surface area contributed by atoms with Crippen LogP contribution in [0.1, 0.15) is 10.4 Å². The van der Waals surface area contributed by atoms with Gasteiger partial charge in [0.25, 0.3) is 5.91 Å². The molecule has 0 aliphatic heterocycles. The van der Waals surface area contributed by atoms with Crippen molar-refractivity contribution in [1.82, 2.24) is 0 Å². The Balaban J connectivity index is 2.34. The summed E-state index contributed by atoms with van der Waals surface area (Å²) in [4.78, 5) is 11.9. The van der Waals surface area contributed by atoms with Gasteiger partial charge in [-0.2, -0.15) is 0 Å². The Kier molecular flexibility index (Phi) is 3.84. The largest absolute Gasteiger partial charge is 0.507 e. The lowest BCUT2D eigenvalue weighted by molar-refractivity contribution is 0.102. The van der Waals surface area contributed by atoms with Gasteiger partial charge in [-0.15, -0.1) is 0 Å². The second-order valence-corrected chi connectivity index (χ2v) is 3.94. The lowest BCUT2D eigenvalue weighted by Crippen LogP contribution is -2.15. The normalized spacial score (nSPS) is 10.2. The van der Waals surface area contributed by atoms with Gasteiger partial charge < -0.3 is 15.2 Å². The van der Waals surface area contributed by atoms with Gasteiger partial charge >= 0.3 is 0 Å². The molecule has 1 amide bonds. The van der Waals surface area contributed by atoms with E-state index in [9.17, 15) is 18.7 Å². The minimum atomic E-state index is -1.14. The van der Waals surface area contributed by atoms with Gasteiger partial charge in [0.05, 0.1) is 12.8 Å². The zero-order valence-corrected chi connectivity index (χ0v) is 10.5. The Labute approximate surface area is 113 Å². The molecule has 0 aromatic heterocycles. The molecule has 0 unspecified atom stereocenters. The minimum absolute atomic E-state index is 0.308. The molecule has 0 aliphatic rings. The highest BCUT2D eigenvalue weighted by molar-refractivity contribution is 6.07. The summed E-state index contributed by atoms with van der Waals surface area (Å²) in [6, 6.07) is 7.70. The molecule has 6 heteroatoms. The fraction of sp³-hybridized carbons (Fsp3) is 0.0714. The van der Waals surface area contributed by atoms with E-state index >= 15 is 0 Å². The second-order valence-electron chi connectivity index (χ2n) is 3.94. The van der Waals surface area contributed by atoms with Crippen LogP contribution in [0.4, 0.5) is 14.5 Å². The predicted molar refractivity (Wildman–Crippen MR) is 69.0 cm³/mol. The van der Waals surface area contributed by atoms with Crippen molar-refractivity contribution >= 4 is 11.6 Å². The highest BCUT2D eigenvalue weighted by atomic mass is 19.1. The number of ether oxygens (including phenoxy) is 1. The summed E-state index contributed by atoms with van der Waals surface area (Å²) in [5, 5.41) is 11.9. The molecule has 0 fully saturated rings. The van der Waals surface area contributed by atoms with Crippen molar-refractivity contribution in [2.24, 2.45) is 0 Å². The summed E-state index contributed by atoms with van der Waals surface area (Å²) < 4.78 is 31.5. The first kappa shape index (κ1) is 13.8. The molecular weight excluding hydrogens is 268 g/mol. The van der Waals surface area contributed by atoms with Crippen molar-refractivity contribution in [3.8, 4) is 11.5 Å². The molecule has 0 saturated heterocycles. The molecule has 2 aromatic carbocycles. The van der Waals surface area contributed by atoms with Crippen LogP contribution in [0.5, 0.6) is 11.5 Å². The number of aromatic hydroxyl groups is 1. The molecule has 0 bridgehead atoms. The van der Waals surface area contributed by atoms with Crippen LogP contribution in [0.3, 0.4) is 0 Å². The third-order valence-corrected chi connectivity index (χ3v) is 2.62. The summed E-state index contributed by atoms with van der Waals surface area (Å²) in [5.74, 6) is -3.40. The van der Waals surface area contributed by atoms with Crippen LogP contribution < -0.4 is 10.1 Å². The predicted octanol–water partition coefficient (Wildman–Crippen LogP) is 2.93.